The van der Waals surface area contributed by atoms with Gasteiger partial charge in [0.15, 0.2) is 0 Å². The molecule has 1 saturated heterocycles. The molecule has 1 N–H and O–H groups in total. The number of morpholine rings is 1. The molecule has 1 aliphatic carbocycles. The van der Waals surface area contributed by atoms with E-state index in [1.807, 2.05) is 12.1 Å². The number of rotatable bonds is 5. The monoisotopic (exact) mass is 323 g/mol. The minimum absolute atomic E-state index is 0.171. The van der Waals surface area contributed by atoms with Gasteiger partial charge >= 0.3 is 5.97 Å². The van der Waals surface area contributed by atoms with Gasteiger partial charge in [-0.2, -0.15) is 0 Å². The van der Waals surface area contributed by atoms with E-state index in [1.54, 1.807) is 17.0 Å². The fourth-order valence-corrected chi connectivity index (χ4v) is 2.89. The number of carbonyl (C=O) groups excluding carboxylic acids is 1. The van der Waals surface area contributed by atoms with Crippen molar-refractivity contribution >= 4 is 23.5 Å². The van der Waals surface area contributed by atoms with Crippen LogP contribution in [0.4, 0.5) is 0 Å². The normalized spacial score (nSPS) is 25.3. The van der Waals surface area contributed by atoms with Crippen LogP contribution in [0.3, 0.4) is 0 Å². The predicted molar refractivity (Wildman–Crippen MR) is 80.6 cm³/mol. The summed E-state index contributed by atoms with van der Waals surface area (Å²) in [6, 6.07) is 7.19. The molecule has 3 rings (SSSR count). The van der Waals surface area contributed by atoms with Gasteiger partial charge in [0.05, 0.1) is 19.1 Å². The lowest BCUT2D eigenvalue weighted by Gasteiger charge is -2.39. The topological polar surface area (TPSA) is 66.8 Å². The molecule has 1 aromatic rings. The van der Waals surface area contributed by atoms with Crippen molar-refractivity contribution in [3.8, 4) is 0 Å². The van der Waals surface area contributed by atoms with Gasteiger partial charge in [-0.05, 0) is 36.5 Å². The smallest absolute Gasteiger partial charge is 0.306 e. The summed E-state index contributed by atoms with van der Waals surface area (Å²) < 4.78 is 5.53. The number of hydrogen-bond donors (Lipinski definition) is 1. The lowest BCUT2D eigenvalue weighted by Crippen LogP contribution is -2.50. The zero-order valence-corrected chi connectivity index (χ0v) is 12.8. The van der Waals surface area contributed by atoms with Crippen molar-refractivity contribution < 1.29 is 19.4 Å². The standard InChI is InChI=1S/C16H18ClNO4/c17-12-5-3-11(4-6-12)13-9-22-14(7-15(19)20)16(21)18(13)8-10-1-2-10/h3-6,10,13-14H,1-2,7-9H2,(H,19,20)/t13?,14-/m0/s1. The van der Waals surface area contributed by atoms with E-state index in [0.29, 0.717) is 24.1 Å². The number of halogens is 1. The first kappa shape index (κ1) is 15.3. The van der Waals surface area contributed by atoms with E-state index in [2.05, 4.69) is 0 Å². The first-order valence-electron chi connectivity index (χ1n) is 7.44. The van der Waals surface area contributed by atoms with Gasteiger partial charge in [-0.1, -0.05) is 23.7 Å². The Morgan fingerprint density at radius 1 is 1.32 bits per heavy atom. The molecular weight excluding hydrogens is 306 g/mol. The van der Waals surface area contributed by atoms with Crippen LogP contribution in [0.2, 0.25) is 5.02 Å². The lowest BCUT2D eigenvalue weighted by molar-refractivity contribution is -0.165. The predicted octanol–water partition coefficient (Wildman–Crippen LogP) is 2.49. The molecule has 1 saturated carbocycles. The maximum atomic E-state index is 12.6. The van der Waals surface area contributed by atoms with Crippen LogP contribution in [0, 0.1) is 5.92 Å². The Hall–Kier alpha value is -1.59. The summed E-state index contributed by atoms with van der Waals surface area (Å²) in [7, 11) is 0. The van der Waals surface area contributed by atoms with Crippen molar-refractivity contribution in [3.63, 3.8) is 0 Å². The van der Waals surface area contributed by atoms with E-state index >= 15 is 0 Å². The van der Waals surface area contributed by atoms with E-state index in [4.69, 9.17) is 21.4 Å². The van der Waals surface area contributed by atoms with Crippen molar-refractivity contribution in [2.45, 2.75) is 31.4 Å². The van der Waals surface area contributed by atoms with Crippen LogP contribution in [-0.2, 0) is 14.3 Å². The zero-order valence-electron chi connectivity index (χ0n) is 12.1. The van der Waals surface area contributed by atoms with Gasteiger partial charge < -0.3 is 14.7 Å². The molecule has 2 aliphatic rings. The molecule has 1 unspecified atom stereocenters. The van der Waals surface area contributed by atoms with Crippen molar-refractivity contribution in [2.24, 2.45) is 5.92 Å². The molecule has 5 nitrogen and oxygen atoms in total. The number of carbonyl (C=O) groups is 2. The van der Waals surface area contributed by atoms with Gasteiger partial charge in [-0.15, -0.1) is 0 Å². The summed E-state index contributed by atoms with van der Waals surface area (Å²) in [6.07, 6.45) is 1.09. The first-order chi connectivity index (χ1) is 10.5. The SMILES string of the molecule is O=C(O)C[C@@H]1OCC(c2ccc(Cl)cc2)N(CC2CC2)C1=O. The van der Waals surface area contributed by atoms with Crippen LogP contribution in [0.15, 0.2) is 24.3 Å². The van der Waals surface area contributed by atoms with Crippen LogP contribution in [0.5, 0.6) is 0 Å². The highest BCUT2D eigenvalue weighted by atomic mass is 35.5. The Kier molecular flexibility index (Phi) is 4.36. The van der Waals surface area contributed by atoms with Gasteiger partial charge in [-0.3, -0.25) is 9.59 Å². The first-order valence-corrected chi connectivity index (χ1v) is 7.81. The molecule has 2 atom stereocenters. The van der Waals surface area contributed by atoms with Crippen LogP contribution in [0.25, 0.3) is 0 Å². The number of benzene rings is 1. The Bertz CT molecular complexity index is 570. The molecular formula is C16H18ClNO4. The minimum atomic E-state index is -1.02. The van der Waals surface area contributed by atoms with Crippen LogP contribution in [0.1, 0.15) is 30.9 Å². The third kappa shape index (κ3) is 3.42. The lowest BCUT2D eigenvalue weighted by atomic mass is 10.0. The molecule has 1 amide bonds. The van der Waals surface area contributed by atoms with Gasteiger partial charge in [0, 0.05) is 11.6 Å². The highest BCUT2D eigenvalue weighted by Gasteiger charge is 2.40. The molecule has 1 heterocycles. The maximum absolute atomic E-state index is 12.6. The van der Waals surface area contributed by atoms with E-state index in [1.165, 1.54) is 0 Å². The number of carboxylic acids is 1. The van der Waals surface area contributed by atoms with E-state index in [9.17, 15) is 9.59 Å². The van der Waals surface area contributed by atoms with E-state index < -0.39 is 12.1 Å². The van der Waals surface area contributed by atoms with Crippen molar-refractivity contribution in [2.75, 3.05) is 13.2 Å². The summed E-state index contributed by atoms with van der Waals surface area (Å²) in [5.74, 6) is -0.711. The molecule has 1 aliphatic heterocycles. The van der Waals surface area contributed by atoms with Crippen LogP contribution < -0.4 is 0 Å². The van der Waals surface area contributed by atoms with Crippen molar-refractivity contribution in [3.05, 3.63) is 34.9 Å². The van der Waals surface area contributed by atoms with Gasteiger partial charge in [0.2, 0.25) is 0 Å². The summed E-state index contributed by atoms with van der Waals surface area (Å²) in [5, 5.41) is 9.55. The fourth-order valence-electron chi connectivity index (χ4n) is 2.77. The number of ether oxygens (including phenoxy) is 1. The van der Waals surface area contributed by atoms with Crippen molar-refractivity contribution in [1.29, 1.82) is 0 Å². The van der Waals surface area contributed by atoms with Gasteiger partial charge in [-0.25, -0.2) is 0 Å². The maximum Gasteiger partial charge on any atom is 0.306 e. The number of amides is 1. The van der Waals surface area contributed by atoms with Gasteiger partial charge in [0.1, 0.15) is 6.10 Å². The largest absolute Gasteiger partial charge is 0.481 e. The fraction of sp³-hybridized carbons (Fsp3) is 0.500. The molecule has 22 heavy (non-hydrogen) atoms. The summed E-state index contributed by atoms with van der Waals surface area (Å²) in [4.78, 5) is 25.3. The number of hydrogen-bond acceptors (Lipinski definition) is 3. The van der Waals surface area contributed by atoms with Crippen LogP contribution >= 0.6 is 11.6 Å². The average Bonchev–Trinajstić information content (AvgIpc) is 3.28. The quantitative estimate of drug-likeness (QED) is 0.904. The summed E-state index contributed by atoms with van der Waals surface area (Å²) in [6.45, 7) is 0.990. The Morgan fingerprint density at radius 2 is 2.00 bits per heavy atom. The molecule has 6 heteroatoms. The second-order valence-corrected chi connectivity index (χ2v) is 6.36. The van der Waals surface area contributed by atoms with E-state index in [-0.39, 0.29) is 18.4 Å². The molecule has 0 bridgehead atoms. The highest BCUT2D eigenvalue weighted by Crippen LogP contribution is 2.35. The molecule has 2 fully saturated rings. The second-order valence-electron chi connectivity index (χ2n) is 5.92. The Labute approximate surface area is 133 Å². The minimum Gasteiger partial charge on any atom is -0.481 e. The second kappa shape index (κ2) is 6.26. The number of nitrogens with zero attached hydrogens (tertiary/aromatic N) is 1. The highest BCUT2D eigenvalue weighted by molar-refractivity contribution is 6.30. The Morgan fingerprint density at radius 3 is 2.59 bits per heavy atom. The Balaban J connectivity index is 1.81. The summed E-state index contributed by atoms with van der Waals surface area (Å²) >= 11 is 5.91. The molecule has 1 aromatic carbocycles. The molecule has 118 valence electrons. The molecule has 0 radical (unpaired) electrons. The van der Waals surface area contributed by atoms with Crippen LogP contribution in [-0.4, -0.2) is 41.1 Å². The molecule has 0 aromatic heterocycles. The van der Waals surface area contributed by atoms with Gasteiger partial charge in [0.25, 0.3) is 5.91 Å². The van der Waals surface area contributed by atoms with Crippen molar-refractivity contribution in [1.82, 2.24) is 4.90 Å². The molecule has 0 spiro atoms. The third-order valence-electron chi connectivity index (χ3n) is 4.16. The summed E-state index contributed by atoms with van der Waals surface area (Å²) in [5.41, 5.74) is 0.965. The van der Waals surface area contributed by atoms with E-state index in [0.717, 1.165) is 18.4 Å². The number of carboxylic acid groups (broad SMARTS) is 1. The number of aliphatic carboxylic acids is 1. The zero-order chi connectivity index (χ0) is 15.7. The third-order valence-corrected chi connectivity index (χ3v) is 4.41. The average molecular weight is 324 g/mol.